The van der Waals surface area contributed by atoms with Gasteiger partial charge in [-0.25, -0.2) is 4.98 Å². The number of aromatic nitrogens is 1. The number of nitrogens with zero attached hydrogens (tertiary/aromatic N) is 2. The van der Waals surface area contributed by atoms with Gasteiger partial charge in [0.1, 0.15) is 5.82 Å². The maximum Gasteiger partial charge on any atom is 0.128 e. The first kappa shape index (κ1) is 14.7. The number of piperidine rings is 1. The summed E-state index contributed by atoms with van der Waals surface area (Å²) >= 11 is 0. The van der Waals surface area contributed by atoms with Crippen molar-refractivity contribution in [2.75, 3.05) is 11.4 Å². The van der Waals surface area contributed by atoms with Gasteiger partial charge in [-0.3, -0.25) is 0 Å². The van der Waals surface area contributed by atoms with Gasteiger partial charge in [-0.05, 0) is 37.0 Å². The number of hydrogen-bond acceptors (Lipinski definition) is 3. The van der Waals surface area contributed by atoms with Gasteiger partial charge < -0.3 is 10.0 Å². The Morgan fingerprint density at radius 2 is 1.78 bits per heavy atom. The highest BCUT2D eigenvalue weighted by atomic mass is 16.3. The molecular formula is C20H24N2O. The van der Waals surface area contributed by atoms with Gasteiger partial charge >= 0.3 is 0 Å². The van der Waals surface area contributed by atoms with E-state index < -0.39 is 5.60 Å². The summed E-state index contributed by atoms with van der Waals surface area (Å²) in [6.45, 7) is 0.865. The van der Waals surface area contributed by atoms with Crippen LogP contribution in [0.4, 0.5) is 5.82 Å². The standard InChI is InChI=1S/C20H24N2O/c23-20(16-8-2-1-3-9-16)13-15-22(19-12-6-7-14-21-19)18-11-5-4-10-17(18)20/h1-3,6-9,12,14,17-18,23H,4-5,10-11,13,15H2/t17-,18+,20-/m0/s1. The monoisotopic (exact) mass is 308 g/mol. The first-order valence-electron chi connectivity index (χ1n) is 8.74. The van der Waals surface area contributed by atoms with Crippen molar-refractivity contribution in [2.45, 2.75) is 43.7 Å². The molecule has 1 saturated heterocycles. The van der Waals surface area contributed by atoms with Gasteiger partial charge in [0.2, 0.25) is 0 Å². The van der Waals surface area contributed by atoms with Crippen molar-refractivity contribution in [1.29, 1.82) is 0 Å². The lowest BCUT2D eigenvalue weighted by molar-refractivity contribution is -0.0690. The molecule has 1 aromatic heterocycles. The molecule has 0 amide bonds. The van der Waals surface area contributed by atoms with E-state index in [0.717, 1.165) is 37.2 Å². The number of hydrogen-bond donors (Lipinski definition) is 1. The van der Waals surface area contributed by atoms with Crippen LogP contribution in [0.1, 0.15) is 37.7 Å². The van der Waals surface area contributed by atoms with Crippen molar-refractivity contribution in [3.63, 3.8) is 0 Å². The topological polar surface area (TPSA) is 36.4 Å². The van der Waals surface area contributed by atoms with Crippen LogP contribution in [0.5, 0.6) is 0 Å². The predicted molar refractivity (Wildman–Crippen MR) is 92.3 cm³/mol. The zero-order chi connectivity index (χ0) is 15.7. The predicted octanol–water partition coefficient (Wildman–Crippen LogP) is 3.74. The summed E-state index contributed by atoms with van der Waals surface area (Å²) in [6, 6.07) is 16.8. The van der Waals surface area contributed by atoms with E-state index >= 15 is 0 Å². The molecule has 120 valence electrons. The largest absolute Gasteiger partial charge is 0.385 e. The second-order valence-electron chi connectivity index (χ2n) is 6.88. The first-order valence-corrected chi connectivity index (χ1v) is 8.74. The minimum Gasteiger partial charge on any atom is -0.385 e. The second-order valence-corrected chi connectivity index (χ2v) is 6.88. The number of rotatable bonds is 2. The summed E-state index contributed by atoms with van der Waals surface area (Å²) in [5, 5.41) is 11.6. The fraction of sp³-hybridized carbons (Fsp3) is 0.450. The highest BCUT2D eigenvalue weighted by molar-refractivity contribution is 5.42. The molecule has 3 atom stereocenters. The number of fused-ring (bicyclic) bond motifs is 1. The summed E-state index contributed by atoms with van der Waals surface area (Å²) in [7, 11) is 0. The molecule has 1 aliphatic carbocycles. The lowest BCUT2D eigenvalue weighted by Crippen LogP contribution is -2.57. The van der Waals surface area contributed by atoms with Crippen LogP contribution in [-0.4, -0.2) is 22.7 Å². The smallest absolute Gasteiger partial charge is 0.128 e. The Morgan fingerprint density at radius 3 is 2.57 bits per heavy atom. The van der Waals surface area contributed by atoms with E-state index in [-0.39, 0.29) is 5.92 Å². The van der Waals surface area contributed by atoms with Gasteiger partial charge in [-0.1, -0.05) is 49.2 Å². The number of aliphatic hydroxyl groups is 1. The van der Waals surface area contributed by atoms with Crippen molar-refractivity contribution in [3.05, 3.63) is 60.3 Å². The first-order chi connectivity index (χ1) is 11.3. The van der Waals surface area contributed by atoms with Crippen LogP contribution in [-0.2, 0) is 5.60 Å². The molecule has 0 spiro atoms. The van der Waals surface area contributed by atoms with E-state index in [9.17, 15) is 5.11 Å². The summed E-state index contributed by atoms with van der Waals surface area (Å²) in [5.74, 6) is 1.34. The fourth-order valence-corrected chi connectivity index (χ4v) is 4.58. The third-order valence-corrected chi connectivity index (χ3v) is 5.69. The molecule has 3 heteroatoms. The Labute approximate surface area is 138 Å². The van der Waals surface area contributed by atoms with Crippen LogP contribution in [0, 0.1) is 5.92 Å². The Morgan fingerprint density at radius 1 is 1.00 bits per heavy atom. The SMILES string of the molecule is O[C@]1(c2ccccc2)CCN(c2ccccn2)[C@@H]2CCCC[C@@H]21. The van der Waals surface area contributed by atoms with Crippen LogP contribution in [0.25, 0.3) is 0 Å². The van der Waals surface area contributed by atoms with Gasteiger partial charge in [0.05, 0.1) is 5.60 Å². The summed E-state index contributed by atoms with van der Waals surface area (Å²) in [6.07, 6.45) is 7.34. The number of pyridine rings is 1. The molecule has 1 aromatic carbocycles. The van der Waals surface area contributed by atoms with Crippen LogP contribution >= 0.6 is 0 Å². The molecule has 1 aliphatic heterocycles. The van der Waals surface area contributed by atoms with Gasteiger partial charge in [0, 0.05) is 24.7 Å². The van der Waals surface area contributed by atoms with E-state index in [1.807, 2.05) is 30.5 Å². The molecule has 1 N–H and O–H groups in total. The van der Waals surface area contributed by atoms with Crippen molar-refractivity contribution in [3.8, 4) is 0 Å². The molecule has 4 rings (SSSR count). The van der Waals surface area contributed by atoms with Crippen LogP contribution in [0.15, 0.2) is 54.7 Å². The molecule has 3 nitrogen and oxygen atoms in total. The minimum absolute atomic E-state index is 0.286. The molecule has 2 fully saturated rings. The Hall–Kier alpha value is -1.87. The van der Waals surface area contributed by atoms with E-state index in [1.165, 1.54) is 12.8 Å². The molecule has 2 aromatic rings. The lowest BCUT2D eigenvalue weighted by atomic mass is 9.66. The quantitative estimate of drug-likeness (QED) is 0.918. The van der Waals surface area contributed by atoms with Crippen molar-refractivity contribution in [2.24, 2.45) is 5.92 Å². The molecule has 0 bridgehead atoms. The molecule has 2 aliphatic rings. The third-order valence-electron chi connectivity index (χ3n) is 5.69. The Balaban J connectivity index is 1.69. The van der Waals surface area contributed by atoms with Gasteiger partial charge in [-0.15, -0.1) is 0 Å². The normalized spacial score (nSPS) is 30.7. The maximum atomic E-state index is 11.6. The average molecular weight is 308 g/mol. The van der Waals surface area contributed by atoms with Crippen LogP contribution < -0.4 is 4.90 Å². The van der Waals surface area contributed by atoms with Gasteiger partial charge in [-0.2, -0.15) is 0 Å². The van der Waals surface area contributed by atoms with E-state index in [4.69, 9.17) is 0 Å². The summed E-state index contributed by atoms with van der Waals surface area (Å²) in [5.41, 5.74) is 0.384. The fourth-order valence-electron chi connectivity index (χ4n) is 4.58. The zero-order valence-corrected chi connectivity index (χ0v) is 13.4. The lowest BCUT2D eigenvalue weighted by Gasteiger charge is -2.53. The minimum atomic E-state index is -0.697. The van der Waals surface area contributed by atoms with Crippen molar-refractivity contribution < 1.29 is 5.11 Å². The average Bonchev–Trinajstić information content (AvgIpc) is 2.64. The van der Waals surface area contributed by atoms with E-state index in [2.05, 4.69) is 34.1 Å². The Kier molecular flexibility index (Phi) is 3.82. The number of benzene rings is 1. The van der Waals surface area contributed by atoms with Crippen molar-refractivity contribution >= 4 is 5.82 Å². The number of anilines is 1. The van der Waals surface area contributed by atoms with E-state index in [0.29, 0.717) is 6.04 Å². The van der Waals surface area contributed by atoms with E-state index in [1.54, 1.807) is 0 Å². The van der Waals surface area contributed by atoms with Crippen LogP contribution in [0.2, 0.25) is 0 Å². The molecule has 0 unspecified atom stereocenters. The summed E-state index contributed by atoms with van der Waals surface area (Å²) in [4.78, 5) is 6.99. The van der Waals surface area contributed by atoms with Crippen molar-refractivity contribution in [1.82, 2.24) is 4.98 Å². The molecule has 0 radical (unpaired) electrons. The molecule has 1 saturated carbocycles. The highest BCUT2D eigenvalue weighted by Crippen LogP contribution is 2.47. The molecular weight excluding hydrogens is 284 g/mol. The third kappa shape index (κ3) is 2.53. The second kappa shape index (κ2) is 5.97. The van der Waals surface area contributed by atoms with Gasteiger partial charge in [0.15, 0.2) is 0 Å². The molecule has 23 heavy (non-hydrogen) atoms. The summed E-state index contributed by atoms with van der Waals surface area (Å²) < 4.78 is 0. The molecule has 2 heterocycles. The highest BCUT2D eigenvalue weighted by Gasteiger charge is 2.49. The zero-order valence-electron chi connectivity index (χ0n) is 13.4. The maximum absolute atomic E-state index is 11.6. The van der Waals surface area contributed by atoms with Crippen LogP contribution in [0.3, 0.4) is 0 Å². The Bertz CT molecular complexity index is 645. The van der Waals surface area contributed by atoms with Gasteiger partial charge in [0.25, 0.3) is 0 Å².